The molecule has 0 radical (unpaired) electrons. The van der Waals surface area contributed by atoms with Crippen molar-refractivity contribution < 1.29 is 9.21 Å². The highest BCUT2D eigenvalue weighted by atomic mass is 16.3. The van der Waals surface area contributed by atoms with Gasteiger partial charge in [-0.1, -0.05) is 32.0 Å². The molecule has 1 heterocycles. The van der Waals surface area contributed by atoms with E-state index in [2.05, 4.69) is 19.2 Å². The van der Waals surface area contributed by atoms with Gasteiger partial charge in [0.25, 0.3) is 5.91 Å². The Hall–Kier alpha value is -1.81. The minimum absolute atomic E-state index is 0.0119. The van der Waals surface area contributed by atoms with Crippen LogP contribution >= 0.6 is 0 Å². The molecule has 1 unspecified atom stereocenters. The van der Waals surface area contributed by atoms with E-state index in [1.165, 1.54) is 6.26 Å². The van der Waals surface area contributed by atoms with Crippen LogP contribution in [0.5, 0.6) is 0 Å². The van der Waals surface area contributed by atoms with E-state index in [1.54, 1.807) is 0 Å². The number of hydrogen-bond acceptors (Lipinski definition) is 3. The smallest absolute Gasteiger partial charge is 0.255 e. The summed E-state index contributed by atoms with van der Waals surface area (Å²) in [5.41, 5.74) is 7.23. The first kappa shape index (κ1) is 13.6. The number of furan rings is 1. The maximum absolute atomic E-state index is 12.1. The van der Waals surface area contributed by atoms with Crippen molar-refractivity contribution in [3.63, 3.8) is 0 Å². The summed E-state index contributed by atoms with van der Waals surface area (Å²) in [7, 11) is 0. The van der Waals surface area contributed by atoms with Crippen LogP contribution in [0.1, 0.15) is 30.6 Å². The normalized spacial score (nSPS) is 12.8. The van der Waals surface area contributed by atoms with Crippen LogP contribution in [-0.2, 0) is 0 Å². The van der Waals surface area contributed by atoms with Crippen molar-refractivity contribution in [2.45, 2.75) is 26.3 Å². The Bertz CT molecular complexity index is 560. The summed E-state index contributed by atoms with van der Waals surface area (Å²) < 4.78 is 5.35. The molecule has 0 fully saturated rings. The minimum Gasteiger partial charge on any atom is -0.463 e. The van der Waals surface area contributed by atoms with Crippen molar-refractivity contribution in [1.29, 1.82) is 0 Å². The lowest BCUT2D eigenvalue weighted by molar-refractivity contribution is 0.0951. The Kier molecular flexibility index (Phi) is 4.22. The van der Waals surface area contributed by atoms with E-state index in [9.17, 15) is 4.79 Å². The molecule has 0 aliphatic carbocycles. The summed E-state index contributed by atoms with van der Waals surface area (Å²) in [5, 5.41) is 3.69. The summed E-state index contributed by atoms with van der Waals surface area (Å²) in [4.78, 5) is 12.1. The lowest BCUT2D eigenvalue weighted by atomic mass is 10.0. The third-order valence-corrected chi connectivity index (χ3v) is 3.02. The van der Waals surface area contributed by atoms with Crippen LogP contribution in [0.4, 0.5) is 0 Å². The van der Waals surface area contributed by atoms with Gasteiger partial charge in [-0.25, -0.2) is 0 Å². The number of para-hydroxylation sites is 1. The second-order valence-corrected chi connectivity index (χ2v) is 5.25. The highest BCUT2D eigenvalue weighted by Crippen LogP contribution is 2.20. The molecule has 1 aromatic heterocycles. The van der Waals surface area contributed by atoms with Crippen molar-refractivity contribution in [3.05, 3.63) is 36.1 Å². The second kappa shape index (κ2) is 5.89. The molecule has 0 aliphatic rings. The standard InChI is InChI=1S/C15H20N2O2/c1-10(2)7-11(16)8-17-15(18)13-9-19-14-6-4-3-5-12(13)14/h3-6,9-11H,7-8,16H2,1-2H3,(H,17,18). The molecule has 1 aromatic carbocycles. The Balaban J connectivity index is 2.00. The van der Waals surface area contributed by atoms with Gasteiger partial charge in [-0.2, -0.15) is 0 Å². The zero-order valence-electron chi connectivity index (χ0n) is 11.3. The van der Waals surface area contributed by atoms with Crippen LogP contribution in [0.25, 0.3) is 11.0 Å². The van der Waals surface area contributed by atoms with Crippen LogP contribution in [0.3, 0.4) is 0 Å². The molecule has 0 saturated carbocycles. The third-order valence-electron chi connectivity index (χ3n) is 3.02. The van der Waals surface area contributed by atoms with Gasteiger partial charge < -0.3 is 15.5 Å². The van der Waals surface area contributed by atoms with Gasteiger partial charge >= 0.3 is 0 Å². The molecule has 2 aromatic rings. The molecule has 0 saturated heterocycles. The summed E-state index contributed by atoms with van der Waals surface area (Å²) in [6, 6.07) is 7.48. The fourth-order valence-corrected chi connectivity index (χ4v) is 2.16. The predicted octanol–water partition coefficient (Wildman–Crippen LogP) is 2.54. The summed E-state index contributed by atoms with van der Waals surface area (Å²) in [5.74, 6) is 0.394. The summed E-state index contributed by atoms with van der Waals surface area (Å²) in [6.07, 6.45) is 2.39. The first-order valence-electron chi connectivity index (χ1n) is 6.58. The molecule has 102 valence electrons. The Labute approximate surface area is 113 Å². The molecule has 1 amide bonds. The number of carbonyl (C=O) groups excluding carboxylic acids is 1. The Morgan fingerprint density at radius 1 is 1.37 bits per heavy atom. The molecular weight excluding hydrogens is 240 g/mol. The van der Waals surface area contributed by atoms with E-state index < -0.39 is 0 Å². The monoisotopic (exact) mass is 260 g/mol. The van der Waals surface area contributed by atoms with Gasteiger partial charge in [-0.15, -0.1) is 0 Å². The summed E-state index contributed by atoms with van der Waals surface area (Å²) in [6.45, 7) is 4.72. The largest absolute Gasteiger partial charge is 0.463 e. The highest BCUT2D eigenvalue weighted by Gasteiger charge is 2.14. The van der Waals surface area contributed by atoms with Gasteiger partial charge in [0.15, 0.2) is 0 Å². The van der Waals surface area contributed by atoms with E-state index >= 15 is 0 Å². The van der Waals surface area contributed by atoms with Gasteiger partial charge in [-0.3, -0.25) is 4.79 Å². The lowest BCUT2D eigenvalue weighted by Crippen LogP contribution is -2.37. The molecule has 0 bridgehead atoms. The number of benzene rings is 1. The van der Waals surface area contributed by atoms with Gasteiger partial charge in [0.05, 0.1) is 5.56 Å². The Morgan fingerprint density at radius 3 is 2.84 bits per heavy atom. The van der Waals surface area contributed by atoms with E-state index in [-0.39, 0.29) is 11.9 Å². The average Bonchev–Trinajstić information content (AvgIpc) is 2.79. The van der Waals surface area contributed by atoms with E-state index in [4.69, 9.17) is 10.2 Å². The van der Waals surface area contributed by atoms with Gasteiger partial charge in [0.1, 0.15) is 11.8 Å². The molecule has 0 aliphatic heterocycles. The van der Waals surface area contributed by atoms with Crippen LogP contribution in [0, 0.1) is 5.92 Å². The highest BCUT2D eigenvalue weighted by molar-refractivity contribution is 6.05. The predicted molar refractivity (Wildman–Crippen MR) is 76.0 cm³/mol. The zero-order valence-corrected chi connectivity index (χ0v) is 11.3. The molecule has 4 nitrogen and oxygen atoms in total. The number of amides is 1. The van der Waals surface area contributed by atoms with Crippen molar-refractivity contribution in [2.75, 3.05) is 6.54 Å². The molecule has 3 N–H and O–H groups in total. The first-order valence-corrected chi connectivity index (χ1v) is 6.58. The number of fused-ring (bicyclic) bond motifs is 1. The van der Waals surface area contributed by atoms with Crippen LogP contribution < -0.4 is 11.1 Å². The fourth-order valence-electron chi connectivity index (χ4n) is 2.16. The number of rotatable bonds is 5. The molecule has 4 heteroatoms. The zero-order chi connectivity index (χ0) is 13.8. The van der Waals surface area contributed by atoms with Gasteiger partial charge in [0, 0.05) is 18.0 Å². The third kappa shape index (κ3) is 3.35. The SMILES string of the molecule is CC(C)CC(N)CNC(=O)c1coc2ccccc12. The molecule has 2 rings (SSSR count). The van der Waals surface area contributed by atoms with Gasteiger partial charge in [0.2, 0.25) is 0 Å². The average molecular weight is 260 g/mol. The first-order chi connectivity index (χ1) is 9.08. The lowest BCUT2D eigenvalue weighted by Gasteiger charge is -2.14. The van der Waals surface area contributed by atoms with E-state index in [1.807, 2.05) is 24.3 Å². The Morgan fingerprint density at radius 2 is 2.11 bits per heavy atom. The number of nitrogens with two attached hydrogens (primary N) is 1. The van der Waals surface area contributed by atoms with Crippen LogP contribution in [0.2, 0.25) is 0 Å². The molecular formula is C15H20N2O2. The van der Waals surface area contributed by atoms with E-state index in [0.29, 0.717) is 18.0 Å². The number of nitrogens with one attached hydrogen (secondary N) is 1. The van der Waals surface area contributed by atoms with Crippen molar-refractivity contribution in [3.8, 4) is 0 Å². The maximum Gasteiger partial charge on any atom is 0.255 e. The van der Waals surface area contributed by atoms with Gasteiger partial charge in [-0.05, 0) is 18.4 Å². The van der Waals surface area contributed by atoms with Crippen molar-refractivity contribution >= 4 is 16.9 Å². The molecule has 19 heavy (non-hydrogen) atoms. The summed E-state index contributed by atoms with van der Waals surface area (Å²) >= 11 is 0. The van der Waals surface area contributed by atoms with E-state index in [0.717, 1.165) is 17.4 Å². The molecule has 0 spiro atoms. The quantitative estimate of drug-likeness (QED) is 0.868. The molecule has 1 atom stereocenters. The number of carbonyl (C=O) groups is 1. The van der Waals surface area contributed by atoms with Crippen molar-refractivity contribution in [1.82, 2.24) is 5.32 Å². The second-order valence-electron chi connectivity index (χ2n) is 5.25. The fraction of sp³-hybridized carbons (Fsp3) is 0.400. The minimum atomic E-state index is -0.135. The maximum atomic E-state index is 12.1. The van der Waals surface area contributed by atoms with Crippen LogP contribution in [-0.4, -0.2) is 18.5 Å². The van der Waals surface area contributed by atoms with Crippen molar-refractivity contribution in [2.24, 2.45) is 11.7 Å². The number of hydrogen-bond donors (Lipinski definition) is 2. The van der Waals surface area contributed by atoms with Crippen LogP contribution in [0.15, 0.2) is 34.9 Å². The topological polar surface area (TPSA) is 68.3 Å².